The van der Waals surface area contributed by atoms with Gasteiger partial charge in [0.1, 0.15) is 11.4 Å². The first-order valence-electron chi connectivity index (χ1n) is 13.7. The van der Waals surface area contributed by atoms with Gasteiger partial charge in [0.05, 0.1) is 26.0 Å². The highest BCUT2D eigenvalue weighted by atomic mass is 16.5. The average molecular weight is 528 g/mol. The number of morpholine rings is 1. The Morgan fingerprint density at radius 3 is 2.26 bits per heavy atom. The van der Waals surface area contributed by atoms with Gasteiger partial charge in [-0.15, -0.1) is 0 Å². The standard InChI is InChI=1S/C30H33N5O4/c1-38-23-8-6-22(7-9-23)35-26-24(25(32-35)27(31)36)30(12-13-30)19-34(28(26)37)21-4-2-20(3-5-21)29(10-11-29)18-33-14-16-39-17-15-33/h2-9H,10-19H2,1H3,(H2,31,36). The second-order valence-electron chi connectivity index (χ2n) is 11.4. The first-order chi connectivity index (χ1) is 18.9. The van der Waals surface area contributed by atoms with Gasteiger partial charge < -0.3 is 20.1 Å². The van der Waals surface area contributed by atoms with Crippen LogP contribution in [0.15, 0.2) is 48.5 Å². The monoisotopic (exact) mass is 527 g/mol. The van der Waals surface area contributed by atoms with Gasteiger partial charge in [-0.1, -0.05) is 12.1 Å². The number of benzene rings is 2. The third-order valence-electron chi connectivity index (χ3n) is 9.00. The maximum absolute atomic E-state index is 14.1. The summed E-state index contributed by atoms with van der Waals surface area (Å²) in [4.78, 5) is 30.9. The molecule has 0 unspecified atom stereocenters. The fourth-order valence-corrected chi connectivity index (χ4v) is 6.42. The molecular formula is C30H33N5O4. The molecule has 0 atom stereocenters. The van der Waals surface area contributed by atoms with Crippen molar-refractivity contribution in [2.45, 2.75) is 36.5 Å². The van der Waals surface area contributed by atoms with E-state index in [2.05, 4.69) is 34.3 Å². The lowest BCUT2D eigenvalue weighted by molar-refractivity contribution is 0.0336. The zero-order chi connectivity index (χ0) is 26.8. The van der Waals surface area contributed by atoms with Gasteiger partial charge in [0, 0.05) is 48.3 Å². The highest BCUT2D eigenvalue weighted by Gasteiger charge is 2.56. The molecule has 7 rings (SSSR count). The number of amides is 2. The molecule has 3 heterocycles. The van der Waals surface area contributed by atoms with E-state index in [1.807, 2.05) is 29.2 Å². The number of anilines is 1. The minimum Gasteiger partial charge on any atom is -0.497 e. The number of ether oxygens (including phenoxy) is 2. The van der Waals surface area contributed by atoms with E-state index in [1.54, 1.807) is 11.8 Å². The molecule has 1 aromatic heterocycles. The first kappa shape index (κ1) is 24.4. The Kier molecular flexibility index (Phi) is 5.57. The normalized spacial score (nSPS) is 21.1. The van der Waals surface area contributed by atoms with E-state index >= 15 is 0 Å². The van der Waals surface area contributed by atoms with Gasteiger partial charge in [0.15, 0.2) is 5.69 Å². The maximum Gasteiger partial charge on any atom is 0.277 e. The lowest BCUT2D eigenvalue weighted by atomic mass is 9.87. The number of fused-ring (bicyclic) bond motifs is 2. The molecule has 9 heteroatoms. The molecule has 1 spiro atoms. The molecule has 2 N–H and O–H groups in total. The van der Waals surface area contributed by atoms with Crippen molar-refractivity contribution in [3.63, 3.8) is 0 Å². The Hall–Kier alpha value is -3.69. The number of aromatic nitrogens is 2. The van der Waals surface area contributed by atoms with E-state index in [0.29, 0.717) is 29.2 Å². The number of carbonyl (C=O) groups is 2. The van der Waals surface area contributed by atoms with Crippen molar-refractivity contribution >= 4 is 17.5 Å². The van der Waals surface area contributed by atoms with E-state index in [0.717, 1.165) is 51.4 Å². The molecule has 202 valence electrons. The van der Waals surface area contributed by atoms with Crippen LogP contribution in [0.25, 0.3) is 5.69 Å². The number of hydrogen-bond donors (Lipinski definition) is 1. The van der Waals surface area contributed by atoms with Crippen molar-refractivity contribution in [3.05, 3.63) is 71.0 Å². The van der Waals surface area contributed by atoms with Gasteiger partial charge in [-0.2, -0.15) is 5.10 Å². The van der Waals surface area contributed by atoms with Crippen LogP contribution >= 0.6 is 0 Å². The zero-order valence-electron chi connectivity index (χ0n) is 22.2. The number of hydrogen-bond acceptors (Lipinski definition) is 6. The molecule has 1 saturated heterocycles. The maximum atomic E-state index is 14.1. The summed E-state index contributed by atoms with van der Waals surface area (Å²) in [7, 11) is 1.60. The first-order valence-corrected chi connectivity index (χ1v) is 13.7. The van der Waals surface area contributed by atoms with Gasteiger partial charge in [0.2, 0.25) is 0 Å². The molecule has 2 aromatic carbocycles. The fraction of sp³-hybridized carbons (Fsp3) is 0.433. The largest absolute Gasteiger partial charge is 0.497 e. The van der Waals surface area contributed by atoms with Gasteiger partial charge in [-0.25, -0.2) is 4.68 Å². The van der Waals surface area contributed by atoms with Crippen LogP contribution in [0.5, 0.6) is 5.75 Å². The van der Waals surface area contributed by atoms with E-state index in [1.165, 1.54) is 18.4 Å². The van der Waals surface area contributed by atoms with Crippen molar-refractivity contribution in [2.24, 2.45) is 5.73 Å². The van der Waals surface area contributed by atoms with Crippen molar-refractivity contribution in [2.75, 3.05) is 51.4 Å². The van der Waals surface area contributed by atoms with Crippen molar-refractivity contribution in [3.8, 4) is 11.4 Å². The van der Waals surface area contributed by atoms with Crippen LogP contribution in [0.4, 0.5) is 5.69 Å². The highest BCUT2D eigenvalue weighted by molar-refractivity contribution is 6.10. The van der Waals surface area contributed by atoms with Crippen molar-refractivity contribution in [1.29, 1.82) is 0 Å². The Morgan fingerprint density at radius 1 is 1.00 bits per heavy atom. The number of rotatable bonds is 7. The lowest BCUT2D eigenvalue weighted by Crippen LogP contribution is -2.45. The van der Waals surface area contributed by atoms with E-state index in [-0.39, 0.29) is 22.4 Å². The molecule has 2 aliphatic carbocycles. The third kappa shape index (κ3) is 4.03. The van der Waals surface area contributed by atoms with Crippen LogP contribution in [0.1, 0.15) is 57.8 Å². The predicted octanol–water partition coefficient (Wildman–Crippen LogP) is 3.04. The SMILES string of the molecule is COc1ccc(-n2nc(C(N)=O)c3c2C(=O)N(c2ccc(C4(CN5CCOCC5)CC4)cc2)CC32CC2)cc1. The van der Waals surface area contributed by atoms with E-state index in [9.17, 15) is 9.59 Å². The molecule has 3 aromatic rings. The fourth-order valence-electron chi connectivity index (χ4n) is 6.42. The lowest BCUT2D eigenvalue weighted by Gasteiger charge is -2.34. The van der Waals surface area contributed by atoms with Crippen molar-refractivity contribution in [1.82, 2.24) is 14.7 Å². The molecular weight excluding hydrogens is 494 g/mol. The summed E-state index contributed by atoms with van der Waals surface area (Å²) in [6.45, 7) is 5.16. The van der Waals surface area contributed by atoms with Crippen LogP contribution in [0.2, 0.25) is 0 Å². The van der Waals surface area contributed by atoms with E-state index in [4.69, 9.17) is 15.2 Å². The second-order valence-corrected chi connectivity index (χ2v) is 11.4. The predicted molar refractivity (Wildman–Crippen MR) is 146 cm³/mol. The molecule has 2 aliphatic heterocycles. The summed E-state index contributed by atoms with van der Waals surface area (Å²) in [6, 6.07) is 15.8. The Labute approximate surface area is 227 Å². The number of carbonyl (C=O) groups excluding carboxylic acids is 2. The molecule has 39 heavy (non-hydrogen) atoms. The molecule has 2 amide bonds. The second kappa shape index (κ2) is 8.93. The average Bonchev–Trinajstić information content (AvgIpc) is 3.88. The Bertz CT molecular complexity index is 1430. The summed E-state index contributed by atoms with van der Waals surface area (Å²) in [5.74, 6) is -0.0745. The number of nitrogens with zero attached hydrogens (tertiary/aromatic N) is 4. The number of methoxy groups -OCH3 is 1. The summed E-state index contributed by atoms with van der Waals surface area (Å²) < 4.78 is 12.4. The van der Waals surface area contributed by atoms with Crippen LogP contribution in [-0.2, 0) is 15.6 Å². The molecule has 0 bridgehead atoms. The zero-order valence-corrected chi connectivity index (χ0v) is 22.2. The van der Waals surface area contributed by atoms with Crippen molar-refractivity contribution < 1.29 is 19.1 Å². The molecule has 2 saturated carbocycles. The highest BCUT2D eigenvalue weighted by Crippen LogP contribution is 2.55. The van der Waals surface area contributed by atoms with Gasteiger partial charge in [-0.05, 0) is 67.6 Å². The van der Waals surface area contributed by atoms with Crippen LogP contribution in [-0.4, -0.2) is 73.0 Å². The molecule has 4 aliphatic rings. The van der Waals surface area contributed by atoms with Crippen LogP contribution in [0, 0.1) is 0 Å². The van der Waals surface area contributed by atoms with Gasteiger partial charge in [-0.3, -0.25) is 14.5 Å². The number of primary amides is 1. The van der Waals surface area contributed by atoms with Gasteiger partial charge in [0.25, 0.3) is 11.8 Å². The van der Waals surface area contributed by atoms with E-state index < -0.39 is 5.91 Å². The molecule has 3 fully saturated rings. The summed E-state index contributed by atoms with van der Waals surface area (Å²) in [6.07, 6.45) is 4.16. The minimum absolute atomic E-state index is 0.166. The number of nitrogens with two attached hydrogens (primary N) is 1. The van der Waals surface area contributed by atoms with Crippen LogP contribution in [0.3, 0.4) is 0 Å². The summed E-state index contributed by atoms with van der Waals surface area (Å²) >= 11 is 0. The Morgan fingerprint density at radius 2 is 1.67 bits per heavy atom. The summed E-state index contributed by atoms with van der Waals surface area (Å²) in [5, 5.41) is 4.58. The molecule has 9 nitrogen and oxygen atoms in total. The quantitative estimate of drug-likeness (QED) is 0.507. The minimum atomic E-state index is -0.606. The Balaban J connectivity index is 1.23. The van der Waals surface area contributed by atoms with Crippen LogP contribution < -0.4 is 15.4 Å². The van der Waals surface area contributed by atoms with Gasteiger partial charge >= 0.3 is 0 Å². The topological polar surface area (TPSA) is 103 Å². The molecule has 0 radical (unpaired) electrons. The smallest absolute Gasteiger partial charge is 0.277 e. The third-order valence-corrected chi connectivity index (χ3v) is 9.00. The summed E-state index contributed by atoms with van der Waals surface area (Å²) in [5.41, 5.74) is 9.88.